The molecule has 5 rings (SSSR count). The van der Waals surface area contributed by atoms with E-state index in [0.29, 0.717) is 6.04 Å². The van der Waals surface area contributed by atoms with E-state index in [1.165, 1.54) is 16.7 Å². The average molecular weight is 440 g/mol. The molecule has 1 amide bonds. The highest BCUT2D eigenvalue weighted by Crippen LogP contribution is 2.34. The van der Waals surface area contributed by atoms with Gasteiger partial charge < -0.3 is 5.32 Å². The van der Waals surface area contributed by atoms with Crippen LogP contribution in [0.15, 0.2) is 91.0 Å². The molecule has 3 aromatic rings. The van der Waals surface area contributed by atoms with Gasteiger partial charge in [-0.15, -0.1) is 0 Å². The zero-order valence-corrected chi connectivity index (χ0v) is 19.1. The molecule has 4 nitrogen and oxygen atoms in total. The third-order valence-corrected chi connectivity index (χ3v) is 7.06. The monoisotopic (exact) mass is 439 g/mol. The third kappa shape index (κ3) is 5.35. The van der Waals surface area contributed by atoms with Gasteiger partial charge in [0.1, 0.15) is 0 Å². The minimum Gasteiger partial charge on any atom is -0.353 e. The summed E-state index contributed by atoms with van der Waals surface area (Å²) in [6.45, 7) is 4.71. The number of rotatable bonds is 7. The van der Waals surface area contributed by atoms with Crippen LogP contribution in [0.1, 0.15) is 35.6 Å². The second-order valence-electron chi connectivity index (χ2n) is 9.42. The van der Waals surface area contributed by atoms with Crippen LogP contribution in [0.2, 0.25) is 0 Å². The van der Waals surface area contributed by atoms with Gasteiger partial charge in [-0.1, -0.05) is 91.0 Å². The molecule has 1 N–H and O–H groups in total. The number of amides is 1. The molecule has 0 atom stereocenters. The van der Waals surface area contributed by atoms with Crippen LogP contribution < -0.4 is 5.32 Å². The minimum atomic E-state index is 0.0854. The van der Waals surface area contributed by atoms with E-state index in [9.17, 15) is 4.79 Å². The van der Waals surface area contributed by atoms with Gasteiger partial charge in [0, 0.05) is 38.8 Å². The summed E-state index contributed by atoms with van der Waals surface area (Å²) in [6.07, 6.45) is 2.07. The molecule has 4 heteroatoms. The summed E-state index contributed by atoms with van der Waals surface area (Å²) < 4.78 is 0. The predicted molar refractivity (Wildman–Crippen MR) is 133 cm³/mol. The molecule has 0 unspecified atom stereocenters. The molecule has 2 heterocycles. The Bertz CT molecular complexity index is 971. The lowest BCUT2D eigenvalue weighted by molar-refractivity contribution is -0.132. The van der Waals surface area contributed by atoms with Crippen molar-refractivity contribution in [1.29, 1.82) is 0 Å². The normalized spacial score (nSPS) is 18.2. The van der Waals surface area contributed by atoms with Crippen molar-refractivity contribution < 1.29 is 4.79 Å². The van der Waals surface area contributed by atoms with Gasteiger partial charge in [0.15, 0.2) is 0 Å². The first-order valence-electron chi connectivity index (χ1n) is 12.2. The number of hydrogen-bond acceptors (Lipinski definition) is 3. The Hall–Kier alpha value is -2.95. The van der Waals surface area contributed by atoms with Crippen LogP contribution in [-0.2, 0) is 11.3 Å². The van der Waals surface area contributed by atoms with Crippen LogP contribution in [-0.4, -0.2) is 47.9 Å². The largest absolute Gasteiger partial charge is 0.353 e. The van der Waals surface area contributed by atoms with Gasteiger partial charge in [0.25, 0.3) is 0 Å². The molecule has 0 saturated carbocycles. The van der Waals surface area contributed by atoms with Crippen molar-refractivity contribution in [3.8, 4) is 0 Å². The van der Waals surface area contributed by atoms with Crippen molar-refractivity contribution >= 4 is 5.91 Å². The van der Waals surface area contributed by atoms with E-state index < -0.39 is 0 Å². The second-order valence-corrected chi connectivity index (χ2v) is 9.42. The van der Waals surface area contributed by atoms with Crippen LogP contribution in [0.25, 0.3) is 0 Å². The molecule has 0 aliphatic carbocycles. The molecule has 0 radical (unpaired) electrons. The lowest BCUT2D eigenvalue weighted by Crippen LogP contribution is -2.56. The Kier molecular flexibility index (Phi) is 6.84. The van der Waals surface area contributed by atoms with Crippen molar-refractivity contribution in [2.75, 3.05) is 26.2 Å². The summed E-state index contributed by atoms with van der Waals surface area (Å²) in [5.74, 6) is 0.315. The summed E-state index contributed by atoms with van der Waals surface area (Å²) in [7, 11) is 0. The fourth-order valence-corrected chi connectivity index (χ4v) is 5.17. The average Bonchev–Trinajstić information content (AvgIpc) is 2.84. The van der Waals surface area contributed by atoms with Crippen molar-refractivity contribution in [2.24, 2.45) is 5.92 Å². The molecule has 2 saturated heterocycles. The number of nitrogens with zero attached hydrogens (tertiary/aromatic N) is 2. The fraction of sp³-hybridized carbons (Fsp3) is 0.345. The summed E-state index contributed by atoms with van der Waals surface area (Å²) in [4.78, 5) is 17.9. The number of benzene rings is 3. The lowest BCUT2D eigenvalue weighted by Gasteiger charge is -2.44. The highest BCUT2D eigenvalue weighted by Gasteiger charge is 2.38. The standard InChI is InChI=1S/C29H33N3O/c33-29(30-27-16-18-31(19-17-27)20-23-10-4-1-5-11-23)26-21-32(22-26)28(24-12-6-2-7-13-24)25-14-8-3-9-15-25/h1-15,26-28H,16-22H2,(H,30,33). The zero-order chi connectivity index (χ0) is 22.5. The van der Waals surface area contributed by atoms with Crippen LogP contribution in [0, 0.1) is 5.92 Å². The highest BCUT2D eigenvalue weighted by atomic mass is 16.2. The smallest absolute Gasteiger partial charge is 0.225 e. The predicted octanol–water partition coefficient (Wildman–Crippen LogP) is 4.49. The SMILES string of the molecule is O=C(NC1CCN(Cc2ccccc2)CC1)C1CN(C(c2ccccc2)c2ccccc2)C1. The first-order valence-corrected chi connectivity index (χ1v) is 12.2. The molecule has 2 aliphatic heterocycles. The van der Waals surface area contributed by atoms with E-state index in [1.807, 2.05) is 0 Å². The Morgan fingerprint density at radius 2 is 1.30 bits per heavy atom. The maximum absolute atomic E-state index is 13.0. The maximum Gasteiger partial charge on any atom is 0.225 e. The van der Waals surface area contributed by atoms with Gasteiger partial charge in [0.05, 0.1) is 12.0 Å². The number of hydrogen-bond donors (Lipinski definition) is 1. The number of likely N-dealkylation sites (tertiary alicyclic amines) is 2. The summed E-state index contributed by atoms with van der Waals surface area (Å²) in [6, 6.07) is 32.4. The van der Waals surface area contributed by atoms with Crippen LogP contribution >= 0.6 is 0 Å². The zero-order valence-electron chi connectivity index (χ0n) is 19.1. The lowest BCUT2D eigenvalue weighted by atomic mass is 9.89. The molecule has 2 fully saturated rings. The Balaban J connectivity index is 1.12. The van der Waals surface area contributed by atoms with Crippen molar-refractivity contribution in [1.82, 2.24) is 15.1 Å². The fourth-order valence-electron chi connectivity index (χ4n) is 5.17. The van der Waals surface area contributed by atoms with Gasteiger partial charge in [-0.25, -0.2) is 0 Å². The van der Waals surface area contributed by atoms with E-state index in [2.05, 4.69) is 106 Å². The Morgan fingerprint density at radius 3 is 1.85 bits per heavy atom. The summed E-state index contributed by atoms with van der Waals surface area (Å²) >= 11 is 0. The van der Waals surface area contributed by atoms with E-state index in [4.69, 9.17) is 0 Å². The van der Waals surface area contributed by atoms with Crippen molar-refractivity contribution in [3.05, 3.63) is 108 Å². The third-order valence-electron chi connectivity index (χ3n) is 7.06. The molecule has 170 valence electrons. The molecule has 33 heavy (non-hydrogen) atoms. The van der Waals surface area contributed by atoms with Crippen LogP contribution in [0.5, 0.6) is 0 Å². The minimum absolute atomic E-state index is 0.0854. The molecule has 2 aliphatic rings. The van der Waals surface area contributed by atoms with Gasteiger partial charge in [-0.2, -0.15) is 0 Å². The van der Waals surface area contributed by atoms with Crippen molar-refractivity contribution in [3.63, 3.8) is 0 Å². The van der Waals surface area contributed by atoms with E-state index in [-0.39, 0.29) is 17.9 Å². The van der Waals surface area contributed by atoms with Gasteiger partial charge in [-0.3, -0.25) is 14.6 Å². The first kappa shape index (κ1) is 21.9. The second kappa shape index (κ2) is 10.3. The number of carbonyl (C=O) groups is 1. The summed E-state index contributed by atoms with van der Waals surface area (Å²) in [5.41, 5.74) is 3.93. The first-order chi connectivity index (χ1) is 16.3. The van der Waals surface area contributed by atoms with Crippen molar-refractivity contribution in [2.45, 2.75) is 31.5 Å². The van der Waals surface area contributed by atoms with E-state index in [1.54, 1.807) is 0 Å². The Morgan fingerprint density at radius 1 is 0.788 bits per heavy atom. The van der Waals surface area contributed by atoms with E-state index in [0.717, 1.165) is 45.6 Å². The number of carbonyl (C=O) groups excluding carboxylic acids is 1. The topological polar surface area (TPSA) is 35.6 Å². The highest BCUT2D eigenvalue weighted by molar-refractivity contribution is 5.80. The number of nitrogens with one attached hydrogen (secondary N) is 1. The van der Waals surface area contributed by atoms with Gasteiger partial charge in [0.2, 0.25) is 5.91 Å². The molecule has 3 aromatic carbocycles. The molecular weight excluding hydrogens is 406 g/mol. The molecule has 0 bridgehead atoms. The Labute approximate surface area is 197 Å². The quantitative estimate of drug-likeness (QED) is 0.589. The maximum atomic E-state index is 13.0. The molecule has 0 spiro atoms. The van der Waals surface area contributed by atoms with E-state index >= 15 is 0 Å². The number of piperidine rings is 1. The van der Waals surface area contributed by atoms with Gasteiger partial charge in [-0.05, 0) is 29.5 Å². The van der Waals surface area contributed by atoms with Gasteiger partial charge >= 0.3 is 0 Å². The summed E-state index contributed by atoms with van der Waals surface area (Å²) in [5, 5.41) is 3.35. The van der Waals surface area contributed by atoms with Crippen LogP contribution in [0.3, 0.4) is 0 Å². The van der Waals surface area contributed by atoms with Crippen LogP contribution in [0.4, 0.5) is 0 Å². The molecular formula is C29H33N3O. The molecule has 0 aromatic heterocycles.